The largest absolute Gasteiger partial charge is 0.384 e. The smallest absolute Gasteiger partial charge is 0.251 e. The lowest BCUT2D eigenvalue weighted by atomic mass is 10.1. The summed E-state index contributed by atoms with van der Waals surface area (Å²) < 4.78 is 0. The molecule has 3 N–H and O–H groups in total. The molecule has 0 radical (unpaired) electrons. The third-order valence-electron chi connectivity index (χ3n) is 2.95. The van der Waals surface area contributed by atoms with Gasteiger partial charge in [0, 0.05) is 16.3 Å². The monoisotopic (exact) mass is 289 g/mol. The molecule has 1 unspecified atom stereocenters. The van der Waals surface area contributed by atoms with Gasteiger partial charge in [-0.1, -0.05) is 23.7 Å². The zero-order valence-corrected chi connectivity index (χ0v) is 12.1. The van der Waals surface area contributed by atoms with Crippen molar-refractivity contribution in [1.82, 2.24) is 10.3 Å². The van der Waals surface area contributed by atoms with Gasteiger partial charge in [-0.25, -0.2) is 4.98 Å². The molecular weight excluding hydrogens is 274 g/mol. The zero-order valence-electron chi connectivity index (χ0n) is 11.4. The van der Waals surface area contributed by atoms with Crippen molar-refractivity contribution in [1.29, 1.82) is 0 Å². The van der Waals surface area contributed by atoms with Crippen LogP contribution in [0.15, 0.2) is 36.4 Å². The number of anilines is 1. The summed E-state index contributed by atoms with van der Waals surface area (Å²) in [4.78, 5) is 16.2. The lowest BCUT2D eigenvalue weighted by molar-refractivity contribution is 0.0939. The molecule has 20 heavy (non-hydrogen) atoms. The first-order valence-corrected chi connectivity index (χ1v) is 6.64. The number of hydrogen-bond donors (Lipinski definition) is 2. The summed E-state index contributed by atoms with van der Waals surface area (Å²) in [5, 5.41) is 3.59. The fourth-order valence-corrected chi connectivity index (χ4v) is 2.07. The highest BCUT2D eigenvalue weighted by Crippen LogP contribution is 2.17. The van der Waals surface area contributed by atoms with Crippen molar-refractivity contribution in [2.45, 2.75) is 19.9 Å². The van der Waals surface area contributed by atoms with Crippen molar-refractivity contribution in [2.75, 3.05) is 5.73 Å². The quantitative estimate of drug-likeness (QED) is 0.912. The standard InChI is InChI=1S/C15H16ClN3O/c1-9-7-12(8-14(17)18-9)15(20)19-10(2)11-3-5-13(16)6-4-11/h3-8,10H,1-2H3,(H2,17,18)(H,19,20). The number of halogens is 1. The molecule has 4 nitrogen and oxygen atoms in total. The number of nitrogens with zero attached hydrogens (tertiary/aromatic N) is 1. The van der Waals surface area contributed by atoms with Gasteiger partial charge in [-0.3, -0.25) is 4.79 Å². The van der Waals surface area contributed by atoms with Crippen molar-refractivity contribution in [3.8, 4) is 0 Å². The number of nitrogens with two attached hydrogens (primary N) is 1. The summed E-state index contributed by atoms with van der Waals surface area (Å²) in [5.74, 6) is 0.166. The number of carbonyl (C=O) groups is 1. The number of aryl methyl sites for hydroxylation is 1. The maximum absolute atomic E-state index is 12.2. The molecule has 0 bridgehead atoms. The van der Waals surface area contributed by atoms with E-state index in [4.69, 9.17) is 17.3 Å². The van der Waals surface area contributed by atoms with Gasteiger partial charge < -0.3 is 11.1 Å². The number of rotatable bonds is 3. The van der Waals surface area contributed by atoms with Crippen LogP contribution >= 0.6 is 11.6 Å². The van der Waals surface area contributed by atoms with Crippen molar-refractivity contribution in [3.05, 3.63) is 58.2 Å². The van der Waals surface area contributed by atoms with E-state index in [1.165, 1.54) is 0 Å². The highest BCUT2D eigenvalue weighted by Gasteiger charge is 2.12. The van der Waals surface area contributed by atoms with E-state index in [2.05, 4.69) is 10.3 Å². The number of nitrogens with one attached hydrogen (secondary N) is 1. The molecular formula is C15H16ClN3O. The molecule has 1 amide bonds. The normalized spacial score (nSPS) is 11.9. The first-order chi connectivity index (χ1) is 9.45. The van der Waals surface area contributed by atoms with Crippen LogP contribution in [0.5, 0.6) is 0 Å². The molecule has 0 saturated carbocycles. The first kappa shape index (κ1) is 14.3. The Kier molecular flexibility index (Phi) is 4.25. The minimum absolute atomic E-state index is 0.116. The van der Waals surface area contributed by atoms with Crippen LogP contribution in [0.2, 0.25) is 5.02 Å². The third kappa shape index (κ3) is 3.48. The summed E-state index contributed by atoms with van der Waals surface area (Å²) >= 11 is 5.84. The maximum Gasteiger partial charge on any atom is 0.251 e. The van der Waals surface area contributed by atoms with E-state index in [1.807, 2.05) is 19.1 Å². The van der Waals surface area contributed by atoms with E-state index in [0.717, 1.165) is 5.56 Å². The van der Waals surface area contributed by atoms with Crippen LogP contribution in [0, 0.1) is 6.92 Å². The van der Waals surface area contributed by atoms with Crippen LogP contribution < -0.4 is 11.1 Å². The fraction of sp³-hybridized carbons (Fsp3) is 0.200. The minimum Gasteiger partial charge on any atom is -0.384 e. The van der Waals surface area contributed by atoms with E-state index in [-0.39, 0.29) is 11.9 Å². The predicted molar refractivity (Wildman–Crippen MR) is 80.7 cm³/mol. The van der Waals surface area contributed by atoms with Gasteiger partial charge in [-0.15, -0.1) is 0 Å². The zero-order chi connectivity index (χ0) is 14.7. The van der Waals surface area contributed by atoms with E-state index in [9.17, 15) is 4.79 Å². The van der Waals surface area contributed by atoms with Crippen LogP contribution in [-0.4, -0.2) is 10.9 Å². The van der Waals surface area contributed by atoms with Crippen LogP contribution in [-0.2, 0) is 0 Å². The number of carbonyl (C=O) groups excluding carboxylic acids is 1. The van der Waals surface area contributed by atoms with Gasteiger partial charge in [-0.2, -0.15) is 0 Å². The maximum atomic E-state index is 12.2. The molecule has 1 atom stereocenters. The van der Waals surface area contributed by atoms with Gasteiger partial charge in [0.05, 0.1) is 6.04 Å². The lowest BCUT2D eigenvalue weighted by Crippen LogP contribution is -2.26. The predicted octanol–water partition coefficient (Wildman–Crippen LogP) is 3.12. The van der Waals surface area contributed by atoms with E-state index < -0.39 is 0 Å². The van der Waals surface area contributed by atoms with Gasteiger partial charge in [0.15, 0.2) is 0 Å². The molecule has 1 aromatic heterocycles. The van der Waals surface area contributed by atoms with E-state index in [1.54, 1.807) is 31.2 Å². The molecule has 0 fully saturated rings. The average molecular weight is 290 g/mol. The molecule has 2 aromatic rings. The minimum atomic E-state index is -0.176. The molecule has 2 rings (SSSR count). The highest BCUT2D eigenvalue weighted by molar-refractivity contribution is 6.30. The van der Waals surface area contributed by atoms with E-state index >= 15 is 0 Å². The van der Waals surface area contributed by atoms with Gasteiger partial charge in [0.25, 0.3) is 5.91 Å². The number of pyridine rings is 1. The third-order valence-corrected chi connectivity index (χ3v) is 3.20. The number of benzene rings is 1. The average Bonchev–Trinajstić information content (AvgIpc) is 2.38. The van der Waals surface area contributed by atoms with Crippen molar-refractivity contribution >= 4 is 23.3 Å². The Bertz CT molecular complexity index is 605. The highest BCUT2D eigenvalue weighted by atomic mass is 35.5. The number of aromatic nitrogens is 1. The molecule has 0 aliphatic heterocycles. The first-order valence-electron chi connectivity index (χ1n) is 6.26. The molecule has 1 heterocycles. The number of nitrogen functional groups attached to an aromatic ring is 1. The van der Waals surface area contributed by atoms with Crippen LogP contribution in [0.4, 0.5) is 5.82 Å². The Morgan fingerprint density at radius 1 is 1.30 bits per heavy atom. The SMILES string of the molecule is Cc1cc(C(=O)NC(C)c2ccc(Cl)cc2)cc(N)n1. The summed E-state index contributed by atoms with van der Waals surface area (Å²) in [5.41, 5.74) is 7.86. The molecule has 0 aliphatic carbocycles. The molecule has 0 spiro atoms. The summed E-state index contributed by atoms with van der Waals surface area (Å²) in [6.07, 6.45) is 0. The summed E-state index contributed by atoms with van der Waals surface area (Å²) in [6.45, 7) is 3.72. The summed E-state index contributed by atoms with van der Waals surface area (Å²) in [7, 11) is 0. The second-order valence-corrected chi connectivity index (χ2v) is 5.11. The van der Waals surface area contributed by atoms with Crippen molar-refractivity contribution < 1.29 is 4.79 Å². The van der Waals surface area contributed by atoms with E-state index in [0.29, 0.717) is 22.1 Å². The Balaban J connectivity index is 2.12. The summed E-state index contributed by atoms with van der Waals surface area (Å²) in [6, 6.07) is 10.5. The second-order valence-electron chi connectivity index (χ2n) is 4.67. The van der Waals surface area contributed by atoms with Crippen molar-refractivity contribution in [2.24, 2.45) is 0 Å². The molecule has 5 heteroatoms. The number of hydrogen-bond acceptors (Lipinski definition) is 3. The van der Waals surface area contributed by atoms with Crippen molar-refractivity contribution in [3.63, 3.8) is 0 Å². The molecule has 104 valence electrons. The molecule has 1 aromatic carbocycles. The van der Waals surface area contributed by atoms with Crippen LogP contribution in [0.3, 0.4) is 0 Å². The van der Waals surface area contributed by atoms with Gasteiger partial charge >= 0.3 is 0 Å². The van der Waals surface area contributed by atoms with Gasteiger partial charge in [0.1, 0.15) is 5.82 Å². The van der Waals surface area contributed by atoms with Crippen LogP contribution in [0.25, 0.3) is 0 Å². The fourth-order valence-electron chi connectivity index (χ4n) is 1.94. The number of amides is 1. The molecule has 0 saturated heterocycles. The Morgan fingerprint density at radius 2 is 1.95 bits per heavy atom. The Morgan fingerprint density at radius 3 is 2.55 bits per heavy atom. The lowest BCUT2D eigenvalue weighted by Gasteiger charge is -2.15. The topological polar surface area (TPSA) is 68.0 Å². The van der Waals surface area contributed by atoms with Crippen LogP contribution in [0.1, 0.15) is 34.6 Å². The van der Waals surface area contributed by atoms with Gasteiger partial charge in [0.2, 0.25) is 0 Å². The Hall–Kier alpha value is -2.07. The van der Waals surface area contributed by atoms with Gasteiger partial charge in [-0.05, 0) is 43.7 Å². The Labute approximate surface area is 123 Å². The molecule has 0 aliphatic rings. The second kappa shape index (κ2) is 5.92.